The highest BCUT2D eigenvalue weighted by Crippen LogP contribution is 2.19. The average molecular weight is 307 g/mol. The van der Waals surface area contributed by atoms with Crippen molar-refractivity contribution in [2.45, 2.75) is 19.3 Å². The van der Waals surface area contributed by atoms with Gasteiger partial charge >= 0.3 is 0 Å². The third-order valence-electron chi connectivity index (χ3n) is 4.01. The first kappa shape index (κ1) is 16.7. The van der Waals surface area contributed by atoms with Gasteiger partial charge in [-0.05, 0) is 38.9 Å². The number of nitrogens with zero attached hydrogens (tertiary/aromatic N) is 3. The molecule has 2 rings (SSSR count). The number of hydrogen-bond acceptors (Lipinski definition) is 5. The molecule has 0 aromatic heterocycles. The summed E-state index contributed by atoms with van der Waals surface area (Å²) in [6.07, 6.45) is 3.29. The summed E-state index contributed by atoms with van der Waals surface area (Å²) in [5.74, 6) is 0.577. The van der Waals surface area contributed by atoms with Crippen molar-refractivity contribution >= 4 is 5.69 Å². The van der Waals surface area contributed by atoms with E-state index in [-0.39, 0.29) is 5.69 Å². The van der Waals surface area contributed by atoms with Crippen LogP contribution in [0.25, 0.3) is 0 Å². The molecule has 22 heavy (non-hydrogen) atoms. The number of non-ortho nitro benzene ring substituents is 1. The molecule has 1 heterocycles. The number of nitro groups is 1. The van der Waals surface area contributed by atoms with E-state index in [0.29, 0.717) is 12.4 Å². The summed E-state index contributed by atoms with van der Waals surface area (Å²) in [6.45, 7) is 6.43. The lowest BCUT2D eigenvalue weighted by Crippen LogP contribution is -2.44. The molecule has 1 aliphatic heterocycles. The molecular formula is C16H25N3O3. The summed E-state index contributed by atoms with van der Waals surface area (Å²) in [6, 6.07) is 6.37. The molecule has 0 unspecified atom stereocenters. The highest BCUT2D eigenvalue weighted by Gasteiger charge is 2.12. The molecule has 1 fully saturated rings. The van der Waals surface area contributed by atoms with Crippen molar-refractivity contribution in [1.29, 1.82) is 0 Å². The van der Waals surface area contributed by atoms with Crippen LogP contribution in [0.1, 0.15) is 19.3 Å². The van der Waals surface area contributed by atoms with Gasteiger partial charge in [0.1, 0.15) is 5.75 Å². The van der Waals surface area contributed by atoms with Crippen molar-refractivity contribution < 1.29 is 9.66 Å². The molecule has 1 aromatic carbocycles. The van der Waals surface area contributed by atoms with E-state index in [2.05, 4.69) is 16.8 Å². The Morgan fingerprint density at radius 2 is 1.95 bits per heavy atom. The Hall–Kier alpha value is -1.66. The molecule has 0 radical (unpaired) electrons. The molecule has 0 aliphatic carbocycles. The summed E-state index contributed by atoms with van der Waals surface area (Å²) in [4.78, 5) is 15.2. The summed E-state index contributed by atoms with van der Waals surface area (Å²) >= 11 is 0. The van der Waals surface area contributed by atoms with E-state index >= 15 is 0 Å². The van der Waals surface area contributed by atoms with E-state index < -0.39 is 4.92 Å². The molecule has 0 spiro atoms. The molecular weight excluding hydrogens is 282 g/mol. The molecule has 6 nitrogen and oxygen atoms in total. The van der Waals surface area contributed by atoms with Gasteiger partial charge in [-0.2, -0.15) is 0 Å². The van der Waals surface area contributed by atoms with Crippen molar-refractivity contribution in [2.24, 2.45) is 0 Å². The van der Waals surface area contributed by atoms with Crippen LogP contribution >= 0.6 is 0 Å². The lowest BCUT2D eigenvalue weighted by Gasteiger charge is -2.32. The normalized spacial score (nSPS) is 16.6. The SMILES string of the molecule is CN1CCN(CCCCCOc2cccc([N+](=O)[O-])c2)CC1. The van der Waals surface area contributed by atoms with Crippen LogP contribution in [0.2, 0.25) is 0 Å². The molecule has 0 saturated carbocycles. The van der Waals surface area contributed by atoms with Gasteiger partial charge in [-0.25, -0.2) is 0 Å². The maximum Gasteiger partial charge on any atom is 0.273 e. The minimum atomic E-state index is -0.400. The number of unbranched alkanes of at least 4 members (excludes halogenated alkanes) is 2. The summed E-state index contributed by atoms with van der Waals surface area (Å²) in [5.41, 5.74) is 0.0765. The van der Waals surface area contributed by atoms with E-state index in [1.165, 1.54) is 31.6 Å². The summed E-state index contributed by atoms with van der Waals surface area (Å²) < 4.78 is 5.58. The van der Waals surface area contributed by atoms with E-state index in [1.54, 1.807) is 12.1 Å². The highest BCUT2D eigenvalue weighted by molar-refractivity contribution is 5.37. The minimum absolute atomic E-state index is 0.0765. The van der Waals surface area contributed by atoms with Crippen molar-refractivity contribution in [3.05, 3.63) is 34.4 Å². The van der Waals surface area contributed by atoms with Gasteiger partial charge in [0.15, 0.2) is 0 Å². The molecule has 1 aliphatic rings. The van der Waals surface area contributed by atoms with Crippen molar-refractivity contribution in [3.8, 4) is 5.75 Å². The molecule has 122 valence electrons. The maximum atomic E-state index is 10.7. The summed E-state index contributed by atoms with van der Waals surface area (Å²) in [5, 5.41) is 10.7. The maximum absolute atomic E-state index is 10.7. The number of hydrogen-bond donors (Lipinski definition) is 0. The van der Waals surface area contributed by atoms with Crippen LogP contribution in [0.4, 0.5) is 5.69 Å². The Morgan fingerprint density at radius 3 is 2.68 bits per heavy atom. The smallest absolute Gasteiger partial charge is 0.273 e. The minimum Gasteiger partial charge on any atom is -0.493 e. The molecule has 0 atom stereocenters. The largest absolute Gasteiger partial charge is 0.493 e. The van der Waals surface area contributed by atoms with Gasteiger partial charge in [0.05, 0.1) is 17.6 Å². The number of nitro benzene ring substituents is 1. The monoisotopic (exact) mass is 307 g/mol. The summed E-state index contributed by atoms with van der Waals surface area (Å²) in [7, 11) is 2.17. The van der Waals surface area contributed by atoms with Gasteiger partial charge < -0.3 is 14.5 Å². The van der Waals surface area contributed by atoms with Gasteiger partial charge in [0.25, 0.3) is 5.69 Å². The van der Waals surface area contributed by atoms with Gasteiger partial charge in [-0.3, -0.25) is 10.1 Å². The fraction of sp³-hybridized carbons (Fsp3) is 0.625. The number of likely N-dealkylation sites (N-methyl/N-ethyl adjacent to an activating group) is 1. The van der Waals surface area contributed by atoms with Crippen LogP contribution in [-0.2, 0) is 0 Å². The lowest BCUT2D eigenvalue weighted by molar-refractivity contribution is -0.384. The first-order chi connectivity index (χ1) is 10.6. The highest BCUT2D eigenvalue weighted by atomic mass is 16.6. The second-order valence-corrected chi connectivity index (χ2v) is 5.81. The van der Waals surface area contributed by atoms with Gasteiger partial charge in [-0.1, -0.05) is 6.07 Å². The van der Waals surface area contributed by atoms with Crippen LogP contribution in [0.15, 0.2) is 24.3 Å². The zero-order chi connectivity index (χ0) is 15.8. The zero-order valence-electron chi connectivity index (χ0n) is 13.2. The van der Waals surface area contributed by atoms with Crippen molar-refractivity contribution in [2.75, 3.05) is 46.4 Å². The van der Waals surface area contributed by atoms with Crippen LogP contribution in [0.5, 0.6) is 5.75 Å². The first-order valence-electron chi connectivity index (χ1n) is 7.93. The molecule has 0 bridgehead atoms. The number of rotatable bonds is 8. The van der Waals surface area contributed by atoms with Crippen LogP contribution in [-0.4, -0.2) is 61.1 Å². The number of piperazine rings is 1. The van der Waals surface area contributed by atoms with Gasteiger partial charge in [-0.15, -0.1) is 0 Å². The van der Waals surface area contributed by atoms with E-state index in [1.807, 2.05) is 0 Å². The van der Waals surface area contributed by atoms with E-state index in [0.717, 1.165) is 32.5 Å². The molecule has 1 saturated heterocycles. The van der Waals surface area contributed by atoms with E-state index in [4.69, 9.17) is 4.74 Å². The number of ether oxygens (including phenoxy) is 1. The Labute approximate surface area is 131 Å². The Balaban J connectivity index is 1.56. The first-order valence-corrected chi connectivity index (χ1v) is 7.93. The second-order valence-electron chi connectivity index (χ2n) is 5.81. The van der Waals surface area contributed by atoms with Gasteiger partial charge in [0.2, 0.25) is 0 Å². The van der Waals surface area contributed by atoms with Crippen LogP contribution < -0.4 is 4.74 Å². The van der Waals surface area contributed by atoms with Crippen LogP contribution in [0, 0.1) is 10.1 Å². The topological polar surface area (TPSA) is 58.8 Å². The third-order valence-corrected chi connectivity index (χ3v) is 4.01. The fourth-order valence-electron chi connectivity index (χ4n) is 2.56. The average Bonchev–Trinajstić information content (AvgIpc) is 2.52. The van der Waals surface area contributed by atoms with E-state index in [9.17, 15) is 10.1 Å². The van der Waals surface area contributed by atoms with Crippen molar-refractivity contribution in [3.63, 3.8) is 0 Å². The lowest BCUT2D eigenvalue weighted by atomic mass is 10.2. The number of benzene rings is 1. The quantitative estimate of drug-likeness (QED) is 0.419. The van der Waals surface area contributed by atoms with Gasteiger partial charge in [0, 0.05) is 32.2 Å². The zero-order valence-corrected chi connectivity index (χ0v) is 13.2. The molecule has 1 aromatic rings. The Morgan fingerprint density at radius 1 is 1.18 bits per heavy atom. The predicted molar refractivity (Wildman–Crippen MR) is 86.4 cm³/mol. The molecule has 0 N–H and O–H groups in total. The van der Waals surface area contributed by atoms with Crippen LogP contribution in [0.3, 0.4) is 0 Å². The molecule has 0 amide bonds. The van der Waals surface area contributed by atoms with Crippen molar-refractivity contribution in [1.82, 2.24) is 9.80 Å². The predicted octanol–water partition coefficient (Wildman–Crippen LogP) is 2.39. The Kier molecular flexibility index (Phi) is 6.61. The standard InChI is InChI=1S/C16H25N3O3/c1-17-9-11-18(12-10-17)8-3-2-4-13-22-16-7-5-6-15(14-16)19(20)21/h5-7,14H,2-4,8-13H2,1H3. The molecule has 6 heteroatoms. The Bertz CT molecular complexity index is 473. The third kappa shape index (κ3) is 5.61. The second kappa shape index (κ2) is 8.70. The fourth-order valence-corrected chi connectivity index (χ4v) is 2.56.